The first kappa shape index (κ1) is 11.0. The van der Waals surface area contributed by atoms with Crippen LogP contribution in [0.5, 0.6) is 0 Å². The number of ether oxygens (including phenoxy) is 1. The van der Waals surface area contributed by atoms with Crippen LogP contribution in [0.3, 0.4) is 0 Å². The van der Waals surface area contributed by atoms with Crippen molar-refractivity contribution in [2.24, 2.45) is 0 Å². The lowest BCUT2D eigenvalue weighted by atomic mass is 10.0. The Hall–Kier alpha value is -0.530. The van der Waals surface area contributed by atoms with Gasteiger partial charge >= 0.3 is 0 Å². The highest BCUT2D eigenvalue weighted by Crippen LogP contribution is 2.22. The zero-order valence-electron chi connectivity index (χ0n) is 8.86. The van der Waals surface area contributed by atoms with Crippen molar-refractivity contribution in [3.8, 4) is 0 Å². The van der Waals surface area contributed by atoms with Crippen LogP contribution < -0.4 is 0 Å². The van der Waals surface area contributed by atoms with Crippen LogP contribution in [0.15, 0.2) is 30.3 Å². The largest absolute Gasteiger partial charge is 0.378 e. The Morgan fingerprint density at radius 1 is 1.27 bits per heavy atom. The highest BCUT2D eigenvalue weighted by molar-refractivity contribution is 6.20. The van der Waals surface area contributed by atoms with Gasteiger partial charge in [-0.15, -0.1) is 11.6 Å². The van der Waals surface area contributed by atoms with Gasteiger partial charge in [-0.2, -0.15) is 0 Å². The summed E-state index contributed by atoms with van der Waals surface area (Å²) < 4.78 is 5.69. The first-order chi connectivity index (χ1) is 7.34. The summed E-state index contributed by atoms with van der Waals surface area (Å²) in [4.78, 5) is 0. The Labute approximate surface area is 96.4 Å². The van der Waals surface area contributed by atoms with Gasteiger partial charge in [0.2, 0.25) is 0 Å². The van der Waals surface area contributed by atoms with Crippen LogP contribution in [0, 0.1) is 0 Å². The number of hydrogen-bond acceptors (Lipinski definition) is 1. The van der Waals surface area contributed by atoms with E-state index in [1.54, 1.807) is 0 Å². The van der Waals surface area contributed by atoms with Crippen molar-refractivity contribution < 1.29 is 4.74 Å². The Morgan fingerprint density at radius 3 is 2.80 bits per heavy atom. The van der Waals surface area contributed by atoms with Crippen LogP contribution in [-0.4, -0.2) is 18.1 Å². The minimum absolute atomic E-state index is 0.319. The van der Waals surface area contributed by atoms with Crippen molar-refractivity contribution in [3.05, 3.63) is 35.9 Å². The number of benzene rings is 1. The van der Waals surface area contributed by atoms with E-state index in [9.17, 15) is 0 Å². The van der Waals surface area contributed by atoms with E-state index in [0.29, 0.717) is 11.5 Å². The second-order valence-electron chi connectivity index (χ2n) is 4.14. The first-order valence-electron chi connectivity index (χ1n) is 5.64. The Kier molecular flexibility index (Phi) is 4.04. The Bertz CT molecular complexity index is 286. The van der Waals surface area contributed by atoms with Gasteiger partial charge in [0.1, 0.15) is 0 Å². The molecule has 15 heavy (non-hydrogen) atoms. The molecule has 82 valence electrons. The molecule has 1 aliphatic rings. The molecule has 0 bridgehead atoms. The van der Waals surface area contributed by atoms with Crippen molar-refractivity contribution in [1.82, 2.24) is 0 Å². The molecule has 0 saturated carbocycles. The fraction of sp³-hybridized carbons (Fsp3) is 0.538. The second kappa shape index (κ2) is 5.53. The monoisotopic (exact) mass is 224 g/mol. The van der Waals surface area contributed by atoms with Crippen LogP contribution >= 0.6 is 11.6 Å². The molecule has 0 aromatic heterocycles. The van der Waals surface area contributed by atoms with Gasteiger partial charge in [0.05, 0.1) is 6.10 Å². The number of hydrogen-bond donors (Lipinski definition) is 0. The van der Waals surface area contributed by atoms with Crippen molar-refractivity contribution in [1.29, 1.82) is 0 Å². The van der Waals surface area contributed by atoms with Gasteiger partial charge in [0.25, 0.3) is 0 Å². The molecule has 0 aliphatic carbocycles. The predicted molar refractivity (Wildman–Crippen MR) is 63.4 cm³/mol. The fourth-order valence-corrected chi connectivity index (χ4v) is 2.30. The number of rotatable bonds is 3. The molecule has 2 unspecified atom stereocenters. The average Bonchev–Trinajstić information content (AvgIpc) is 2.28. The van der Waals surface area contributed by atoms with Gasteiger partial charge in [-0.3, -0.25) is 0 Å². The smallest absolute Gasteiger partial charge is 0.0592 e. The zero-order chi connectivity index (χ0) is 10.5. The normalized spacial score (nSPS) is 26.5. The Morgan fingerprint density at radius 2 is 2.07 bits per heavy atom. The van der Waals surface area contributed by atoms with E-state index in [1.165, 1.54) is 5.56 Å². The SMILES string of the molecule is ClC1CCOC(CCc2ccccc2)C1. The molecule has 1 saturated heterocycles. The van der Waals surface area contributed by atoms with E-state index in [0.717, 1.165) is 32.3 Å². The maximum absolute atomic E-state index is 6.11. The lowest BCUT2D eigenvalue weighted by Gasteiger charge is -2.26. The van der Waals surface area contributed by atoms with Gasteiger partial charge in [0.15, 0.2) is 0 Å². The van der Waals surface area contributed by atoms with Gasteiger partial charge in [0, 0.05) is 12.0 Å². The second-order valence-corrected chi connectivity index (χ2v) is 4.76. The summed E-state index contributed by atoms with van der Waals surface area (Å²) in [6.45, 7) is 0.827. The van der Waals surface area contributed by atoms with Crippen molar-refractivity contribution in [2.45, 2.75) is 37.2 Å². The van der Waals surface area contributed by atoms with Gasteiger partial charge in [-0.25, -0.2) is 0 Å². The summed E-state index contributed by atoms with van der Waals surface area (Å²) in [6, 6.07) is 10.6. The van der Waals surface area contributed by atoms with Gasteiger partial charge < -0.3 is 4.74 Å². The van der Waals surface area contributed by atoms with Crippen LogP contribution in [-0.2, 0) is 11.2 Å². The maximum Gasteiger partial charge on any atom is 0.0592 e. The van der Waals surface area contributed by atoms with E-state index in [-0.39, 0.29) is 0 Å². The lowest BCUT2D eigenvalue weighted by molar-refractivity contribution is 0.0133. The van der Waals surface area contributed by atoms with Crippen molar-refractivity contribution >= 4 is 11.6 Å². The quantitative estimate of drug-likeness (QED) is 0.715. The van der Waals surface area contributed by atoms with E-state index in [4.69, 9.17) is 16.3 Å². The summed E-state index contributed by atoms with van der Waals surface area (Å²) in [5.74, 6) is 0. The number of halogens is 1. The van der Waals surface area contributed by atoms with Gasteiger partial charge in [-0.1, -0.05) is 30.3 Å². The van der Waals surface area contributed by atoms with Crippen molar-refractivity contribution in [3.63, 3.8) is 0 Å². The first-order valence-corrected chi connectivity index (χ1v) is 6.08. The highest BCUT2D eigenvalue weighted by atomic mass is 35.5. The summed E-state index contributed by atoms with van der Waals surface area (Å²) >= 11 is 6.11. The topological polar surface area (TPSA) is 9.23 Å². The molecular formula is C13H17ClO. The summed E-state index contributed by atoms with van der Waals surface area (Å²) in [5.41, 5.74) is 1.39. The third-order valence-corrected chi connectivity index (χ3v) is 3.30. The molecule has 1 fully saturated rings. The molecule has 2 heteroatoms. The molecule has 1 aromatic carbocycles. The third-order valence-electron chi connectivity index (χ3n) is 2.90. The van der Waals surface area contributed by atoms with E-state index in [2.05, 4.69) is 30.3 Å². The molecule has 1 heterocycles. The highest BCUT2D eigenvalue weighted by Gasteiger charge is 2.20. The van der Waals surface area contributed by atoms with E-state index in [1.807, 2.05) is 0 Å². The molecule has 1 aliphatic heterocycles. The summed E-state index contributed by atoms with van der Waals surface area (Å²) in [7, 11) is 0. The molecule has 0 spiro atoms. The third kappa shape index (κ3) is 3.51. The van der Waals surface area contributed by atoms with Gasteiger partial charge in [-0.05, 0) is 31.2 Å². The minimum Gasteiger partial charge on any atom is -0.378 e. The molecular weight excluding hydrogens is 208 g/mol. The fourth-order valence-electron chi connectivity index (χ4n) is 2.01. The van der Waals surface area contributed by atoms with Crippen LogP contribution in [0.1, 0.15) is 24.8 Å². The van der Waals surface area contributed by atoms with Crippen LogP contribution in [0.2, 0.25) is 0 Å². The van der Waals surface area contributed by atoms with E-state index < -0.39 is 0 Å². The standard InChI is InChI=1S/C13H17ClO/c14-12-8-9-15-13(10-12)7-6-11-4-2-1-3-5-11/h1-5,12-13H,6-10H2. The number of aryl methyl sites for hydroxylation is 1. The maximum atomic E-state index is 6.11. The average molecular weight is 225 g/mol. The predicted octanol–water partition coefficient (Wildman–Crippen LogP) is 3.41. The minimum atomic E-state index is 0.319. The molecule has 0 radical (unpaired) electrons. The molecule has 0 N–H and O–H groups in total. The molecule has 1 aromatic rings. The number of alkyl halides is 1. The van der Waals surface area contributed by atoms with Crippen molar-refractivity contribution in [2.75, 3.05) is 6.61 Å². The summed E-state index contributed by atoms with van der Waals surface area (Å²) in [6.07, 6.45) is 4.56. The van der Waals surface area contributed by atoms with E-state index >= 15 is 0 Å². The zero-order valence-corrected chi connectivity index (χ0v) is 9.62. The van der Waals surface area contributed by atoms with Crippen LogP contribution in [0.25, 0.3) is 0 Å². The molecule has 1 nitrogen and oxygen atoms in total. The Balaban J connectivity index is 1.78. The molecule has 2 rings (SSSR count). The van der Waals surface area contributed by atoms with Crippen LogP contribution in [0.4, 0.5) is 0 Å². The molecule has 0 amide bonds. The lowest BCUT2D eigenvalue weighted by Crippen LogP contribution is -2.26. The summed E-state index contributed by atoms with van der Waals surface area (Å²) in [5, 5.41) is 0.319. The molecule has 2 atom stereocenters.